The number of rotatable bonds is 6. The summed E-state index contributed by atoms with van der Waals surface area (Å²) in [5, 5.41) is 14.1. The number of halogens is 4. The zero-order chi connectivity index (χ0) is 13.8. The fourth-order valence-corrected chi connectivity index (χ4v) is 1.60. The molecule has 18 heavy (non-hydrogen) atoms. The quantitative estimate of drug-likeness (QED) is 0.456. The predicted octanol–water partition coefficient (Wildman–Crippen LogP) is 2.52. The van der Waals surface area contributed by atoms with Gasteiger partial charge in [0.2, 0.25) is 0 Å². The molecule has 0 fully saturated rings. The topological polar surface area (TPSA) is 70.2 Å². The van der Waals surface area contributed by atoms with Crippen LogP contribution in [0.15, 0.2) is 10.7 Å². The third-order valence-corrected chi connectivity index (χ3v) is 2.37. The van der Waals surface area contributed by atoms with Gasteiger partial charge in [-0.25, -0.2) is 0 Å². The molecule has 1 heterocycles. The number of hydrogen-bond donors (Lipinski definition) is 0. The minimum Gasteiger partial charge on any atom is -0.372 e. The van der Waals surface area contributed by atoms with Crippen LogP contribution in [0, 0.1) is 10.1 Å². The van der Waals surface area contributed by atoms with E-state index in [1.54, 1.807) is 0 Å². The first-order chi connectivity index (χ1) is 8.29. The maximum absolute atomic E-state index is 11.7. The summed E-state index contributed by atoms with van der Waals surface area (Å²) in [6.07, 6.45) is -2.67. The van der Waals surface area contributed by atoms with Gasteiger partial charge in [-0.15, -0.1) is 0 Å². The maximum Gasteiger partial charge on any atom is 0.411 e. The molecule has 0 saturated heterocycles. The fourth-order valence-electron chi connectivity index (χ4n) is 1.14. The average Bonchev–Trinajstić information content (AvgIpc) is 2.57. The van der Waals surface area contributed by atoms with Crippen LogP contribution < -0.4 is 0 Å². The molecule has 0 aromatic carbocycles. The van der Waals surface area contributed by atoms with E-state index in [2.05, 4.69) is 25.8 Å². The molecule has 10 heteroatoms. The second kappa shape index (κ2) is 6.14. The number of alkyl halides is 3. The Labute approximate surface area is 108 Å². The summed E-state index contributed by atoms with van der Waals surface area (Å²) in [4.78, 5) is 9.82. The highest BCUT2D eigenvalue weighted by Crippen LogP contribution is 2.22. The highest BCUT2D eigenvalue weighted by Gasteiger charge is 2.27. The SMILES string of the molecule is O=[N+]([O-])c1nn(CCCOCC(F)(F)F)cc1Br. The molecule has 0 radical (unpaired) electrons. The Kier molecular flexibility index (Phi) is 5.08. The van der Waals surface area contributed by atoms with E-state index in [9.17, 15) is 23.3 Å². The van der Waals surface area contributed by atoms with Crippen LogP contribution >= 0.6 is 15.9 Å². The molecule has 1 rings (SSSR count). The minimum absolute atomic E-state index is 0.0925. The molecule has 0 aliphatic rings. The Hall–Kier alpha value is -1.16. The normalized spacial score (nSPS) is 11.8. The number of nitro groups is 1. The van der Waals surface area contributed by atoms with Crippen LogP contribution in [-0.2, 0) is 11.3 Å². The first-order valence-corrected chi connectivity index (χ1v) is 5.61. The van der Waals surface area contributed by atoms with E-state index < -0.39 is 17.7 Å². The van der Waals surface area contributed by atoms with Gasteiger partial charge < -0.3 is 14.9 Å². The zero-order valence-electron chi connectivity index (χ0n) is 8.98. The van der Waals surface area contributed by atoms with Crippen LogP contribution in [-0.4, -0.2) is 34.1 Å². The van der Waals surface area contributed by atoms with Crippen LogP contribution in [0.3, 0.4) is 0 Å². The predicted molar refractivity (Wildman–Crippen MR) is 58.1 cm³/mol. The van der Waals surface area contributed by atoms with E-state index >= 15 is 0 Å². The number of aryl methyl sites for hydroxylation is 1. The Balaban J connectivity index is 2.32. The molecular formula is C8H9BrF3N3O3. The fraction of sp³-hybridized carbons (Fsp3) is 0.625. The molecule has 0 saturated carbocycles. The van der Waals surface area contributed by atoms with Crippen LogP contribution in [0.1, 0.15) is 6.42 Å². The van der Waals surface area contributed by atoms with Crippen molar-refractivity contribution in [1.29, 1.82) is 0 Å². The van der Waals surface area contributed by atoms with Crippen molar-refractivity contribution in [2.24, 2.45) is 0 Å². The molecule has 0 aliphatic heterocycles. The summed E-state index contributed by atoms with van der Waals surface area (Å²) in [7, 11) is 0. The highest BCUT2D eigenvalue weighted by atomic mass is 79.9. The molecule has 0 spiro atoms. The number of hydrogen-bond acceptors (Lipinski definition) is 4. The Bertz CT molecular complexity index is 421. The molecule has 0 atom stereocenters. The van der Waals surface area contributed by atoms with Crippen LogP contribution in [0.4, 0.5) is 19.0 Å². The average molecular weight is 332 g/mol. The molecule has 0 unspecified atom stereocenters. The second-order valence-corrected chi connectivity index (χ2v) is 4.20. The van der Waals surface area contributed by atoms with Gasteiger partial charge in [0.05, 0.1) is 17.8 Å². The van der Waals surface area contributed by atoms with Crippen molar-refractivity contribution >= 4 is 21.7 Å². The van der Waals surface area contributed by atoms with Gasteiger partial charge in [-0.05, 0) is 27.3 Å². The standard InChI is InChI=1S/C8H9BrF3N3O3/c9-6-4-14(13-7(6)15(16)17)2-1-3-18-5-8(10,11)12/h4H,1-3,5H2. The molecule has 1 aromatic heterocycles. The van der Waals surface area contributed by atoms with E-state index in [1.165, 1.54) is 10.9 Å². The number of nitrogens with zero attached hydrogens (tertiary/aromatic N) is 3. The van der Waals surface area contributed by atoms with Crippen molar-refractivity contribution in [3.05, 3.63) is 20.8 Å². The van der Waals surface area contributed by atoms with Crippen molar-refractivity contribution in [3.8, 4) is 0 Å². The molecule has 0 amide bonds. The Morgan fingerprint density at radius 1 is 1.56 bits per heavy atom. The van der Waals surface area contributed by atoms with Crippen LogP contribution in [0.25, 0.3) is 0 Å². The van der Waals surface area contributed by atoms with Crippen LogP contribution in [0.5, 0.6) is 0 Å². The lowest BCUT2D eigenvalue weighted by Gasteiger charge is -2.06. The third-order valence-electron chi connectivity index (χ3n) is 1.81. The van der Waals surface area contributed by atoms with Gasteiger partial charge >= 0.3 is 12.0 Å². The van der Waals surface area contributed by atoms with Gasteiger partial charge in [0.15, 0.2) is 0 Å². The van der Waals surface area contributed by atoms with Crippen molar-refractivity contribution in [2.45, 2.75) is 19.1 Å². The Morgan fingerprint density at radius 3 is 2.72 bits per heavy atom. The van der Waals surface area contributed by atoms with E-state index in [4.69, 9.17) is 0 Å². The lowest BCUT2D eigenvalue weighted by atomic mass is 10.4. The molecule has 0 aliphatic carbocycles. The first-order valence-electron chi connectivity index (χ1n) is 4.81. The summed E-state index contributed by atoms with van der Waals surface area (Å²) in [5.41, 5.74) is 0. The monoisotopic (exact) mass is 331 g/mol. The molecule has 0 N–H and O–H groups in total. The Morgan fingerprint density at radius 2 is 2.22 bits per heavy atom. The summed E-state index contributed by atoms with van der Waals surface area (Å²) in [5.74, 6) is -0.328. The van der Waals surface area contributed by atoms with Gasteiger partial charge in [0, 0.05) is 6.61 Å². The summed E-state index contributed by atoms with van der Waals surface area (Å²) in [6.45, 7) is -1.15. The first kappa shape index (κ1) is 14.9. The van der Waals surface area contributed by atoms with Gasteiger partial charge in [-0.2, -0.15) is 17.9 Å². The smallest absolute Gasteiger partial charge is 0.372 e. The van der Waals surface area contributed by atoms with Gasteiger partial charge in [-0.3, -0.25) is 0 Å². The summed E-state index contributed by atoms with van der Waals surface area (Å²) in [6, 6.07) is 0. The maximum atomic E-state index is 11.7. The van der Waals surface area contributed by atoms with E-state index in [-0.39, 0.29) is 29.9 Å². The van der Waals surface area contributed by atoms with E-state index in [1.807, 2.05) is 0 Å². The van der Waals surface area contributed by atoms with Gasteiger partial charge in [0.25, 0.3) is 0 Å². The van der Waals surface area contributed by atoms with Crippen molar-refractivity contribution in [1.82, 2.24) is 9.78 Å². The number of ether oxygens (including phenoxy) is 1. The van der Waals surface area contributed by atoms with Gasteiger partial charge in [-0.1, -0.05) is 0 Å². The van der Waals surface area contributed by atoms with E-state index in [0.29, 0.717) is 0 Å². The highest BCUT2D eigenvalue weighted by molar-refractivity contribution is 9.10. The van der Waals surface area contributed by atoms with Gasteiger partial charge in [0.1, 0.15) is 11.1 Å². The lowest BCUT2D eigenvalue weighted by molar-refractivity contribution is -0.390. The summed E-state index contributed by atoms with van der Waals surface area (Å²) < 4.78 is 41.1. The third kappa shape index (κ3) is 5.00. The summed E-state index contributed by atoms with van der Waals surface area (Å²) >= 11 is 2.96. The number of aromatic nitrogens is 2. The van der Waals surface area contributed by atoms with E-state index in [0.717, 1.165) is 0 Å². The molecular weight excluding hydrogens is 323 g/mol. The van der Waals surface area contributed by atoms with Crippen LogP contribution in [0.2, 0.25) is 0 Å². The molecule has 102 valence electrons. The minimum atomic E-state index is -4.34. The lowest BCUT2D eigenvalue weighted by Crippen LogP contribution is -2.17. The zero-order valence-corrected chi connectivity index (χ0v) is 10.6. The second-order valence-electron chi connectivity index (χ2n) is 3.34. The largest absolute Gasteiger partial charge is 0.411 e. The molecule has 1 aromatic rings. The molecule has 6 nitrogen and oxygen atoms in total. The van der Waals surface area contributed by atoms with Crippen molar-refractivity contribution in [2.75, 3.05) is 13.2 Å². The van der Waals surface area contributed by atoms with Crippen molar-refractivity contribution < 1.29 is 22.8 Å². The van der Waals surface area contributed by atoms with Crippen molar-refractivity contribution in [3.63, 3.8) is 0 Å². The molecule has 0 bridgehead atoms.